The molecule has 0 saturated carbocycles. The summed E-state index contributed by atoms with van der Waals surface area (Å²) in [6.45, 7) is 0.794. The number of halogens is 1. The third kappa shape index (κ3) is 6.14. The van der Waals surface area contributed by atoms with Gasteiger partial charge in [0.1, 0.15) is 11.6 Å². The van der Waals surface area contributed by atoms with Crippen molar-refractivity contribution >= 4 is 11.9 Å². The predicted molar refractivity (Wildman–Crippen MR) is 67.8 cm³/mol. The smallest absolute Gasteiger partial charge is 0.306 e. The van der Waals surface area contributed by atoms with Crippen molar-refractivity contribution in [2.75, 3.05) is 13.2 Å². The van der Waals surface area contributed by atoms with Crippen LogP contribution in [0.2, 0.25) is 0 Å². The van der Waals surface area contributed by atoms with Gasteiger partial charge >= 0.3 is 5.97 Å². The highest BCUT2D eigenvalue weighted by atomic mass is 19.1. The van der Waals surface area contributed by atoms with Gasteiger partial charge in [0.25, 0.3) is 5.91 Å². The first-order chi connectivity index (χ1) is 9.28. The van der Waals surface area contributed by atoms with Crippen molar-refractivity contribution in [3.05, 3.63) is 30.1 Å². The van der Waals surface area contributed by atoms with Crippen LogP contribution in [0, 0.1) is 5.82 Å². The second kappa shape index (κ2) is 6.85. The minimum absolute atomic E-state index is 0.203. The first-order valence-corrected chi connectivity index (χ1v) is 5.88. The van der Waals surface area contributed by atoms with E-state index >= 15 is 0 Å². The average Bonchev–Trinajstić information content (AvgIpc) is 2.34. The van der Waals surface area contributed by atoms with Crippen LogP contribution in [0.5, 0.6) is 5.75 Å². The molecule has 0 fully saturated rings. The van der Waals surface area contributed by atoms with Gasteiger partial charge in [0.2, 0.25) is 0 Å². The highest BCUT2D eigenvalue weighted by molar-refractivity contribution is 5.77. The van der Waals surface area contributed by atoms with Crippen LogP contribution in [0.3, 0.4) is 0 Å². The highest BCUT2D eigenvalue weighted by Crippen LogP contribution is 2.11. The third-order valence-electron chi connectivity index (χ3n) is 2.38. The lowest BCUT2D eigenvalue weighted by molar-refractivity contribution is -0.142. The van der Waals surface area contributed by atoms with E-state index in [4.69, 9.17) is 9.84 Å². The molecular formula is C13H16FNO5. The molecular weight excluding hydrogens is 269 g/mol. The molecule has 7 heteroatoms. The van der Waals surface area contributed by atoms with E-state index in [1.807, 2.05) is 0 Å². The van der Waals surface area contributed by atoms with Gasteiger partial charge < -0.3 is 20.3 Å². The van der Waals surface area contributed by atoms with Gasteiger partial charge in [0.15, 0.2) is 6.61 Å². The molecule has 0 bridgehead atoms. The van der Waals surface area contributed by atoms with Crippen molar-refractivity contribution in [3.63, 3.8) is 0 Å². The maximum absolute atomic E-state index is 12.6. The molecule has 0 heterocycles. The Labute approximate surface area is 115 Å². The number of nitrogens with one attached hydrogen (secondary N) is 1. The van der Waals surface area contributed by atoms with E-state index in [1.165, 1.54) is 31.2 Å². The van der Waals surface area contributed by atoms with Crippen LogP contribution < -0.4 is 10.1 Å². The van der Waals surface area contributed by atoms with Crippen LogP contribution in [-0.4, -0.2) is 40.8 Å². The summed E-state index contributed by atoms with van der Waals surface area (Å²) in [5.74, 6) is -1.75. The monoisotopic (exact) mass is 285 g/mol. The number of ether oxygens (including phenoxy) is 1. The van der Waals surface area contributed by atoms with E-state index < -0.39 is 29.7 Å². The lowest BCUT2D eigenvalue weighted by Gasteiger charge is -2.21. The van der Waals surface area contributed by atoms with Crippen LogP contribution >= 0.6 is 0 Å². The number of carboxylic acids is 1. The van der Waals surface area contributed by atoms with Gasteiger partial charge in [-0.1, -0.05) is 0 Å². The van der Waals surface area contributed by atoms with E-state index in [2.05, 4.69) is 5.32 Å². The highest BCUT2D eigenvalue weighted by Gasteiger charge is 2.24. The van der Waals surface area contributed by atoms with Gasteiger partial charge in [-0.3, -0.25) is 9.59 Å². The van der Waals surface area contributed by atoms with Gasteiger partial charge in [0.05, 0.1) is 12.0 Å². The maximum atomic E-state index is 12.6. The van der Waals surface area contributed by atoms with Gasteiger partial charge in [-0.15, -0.1) is 0 Å². The summed E-state index contributed by atoms with van der Waals surface area (Å²) in [6.07, 6.45) is -0.480. The summed E-state index contributed by atoms with van der Waals surface area (Å²) in [5, 5.41) is 20.6. The molecule has 0 spiro atoms. The fourth-order valence-corrected chi connectivity index (χ4v) is 1.41. The lowest BCUT2D eigenvalue weighted by atomic mass is 10.0. The van der Waals surface area contributed by atoms with E-state index in [-0.39, 0.29) is 13.2 Å². The topological polar surface area (TPSA) is 95.9 Å². The van der Waals surface area contributed by atoms with E-state index in [0.717, 1.165) is 0 Å². The summed E-state index contributed by atoms with van der Waals surface area (Å²) >= 11 is 0. The third-order valence-corrected chi connectivity index (χ3v) is 2.38. The van der Waals surface area contributed by atoms with E-state index in [1.54, 1.807) is 0 Å². The molecule has 1 unspecified atom stereocenters. The van der Waals surface area contributed by atoms with E-state index in [0.29, 0.717) is 5.75 Å². The predicted octanol–water partition coefficient (Wildman–Crippen LogP) is 0.546. The molecule has 110 valence electrons. The molecule has 1 amide bonds. The zero-order valence-corrected chi connectivity index (χ0v) is 10.9. The molecule has 6 nitrogen and oxygen atoms in total. The number of aliphatic carboxylic acids is 1. The molecule has 1 aromatic rings. The molecule has 0 aromatic heterocycles. The Kier molecular flexibility index (Phi) is 5.45. The minimum atomic E-state index is -1.53. The van der Waals surface area contributed by atoms with Crippen molar-refractivity contribution in [1.29, 1.82) is 0 Å². The SMILES string of the molecule is CC(O)(CNC(=O)COc1ccc(F)cc1)CC(=O)O. The fraction of sp³-hybridized carbons (Fsp3) is 0.385. The second-order valence-electron chi connectivity index (χ2n) is 4.59. The molecule has 3 N–H and O–H groups in total. The summed E-state index contributed by atoms with van der Waals surface area (Å²) in [5.41, 5.74) is -1.53. The van der Waals surface area contributed by atoms with E-state index in [9.17, 15) is 19.1 Å². The number of carbonyl (C=O) groups excluding carboxylic acids is 1. The number of carboxylic acid groups (broad SMARTS) is 1. The first-order valence-electron chi connectivity index (χ1n) is 5.88. The lowest BCUT2D eigenvalue weighted by Crippen LogP contribution is -2.43. The Morgan fingerprint density at radius 1 is 1.35 bits per heavy atom. The summed E-state index contributed by atoms with van der Waals surface area (Å²) in [6, 6.07) is 5.15. The maximum Gasteiger partial charge on any atom is 0.306 e. The number of hydrogen-bond donors (Lipinski definition) is 3. The minimum Gasteiger partial charge on any atom is -0.484 e. The number of rotatable bonds is 7. The molecule has 1 atom stereocenters. The van der Waals surface area contributed by atoms with Gasteiger partial charge in [-0.05, 0) is 31.2 Å². The Morgan fingerprint density at radius 3 is 2.50 bits per heavy atom. The van der Waals surface area contributed by atoms with Crippen LogP contribution in [0.15, 0.2) is 24.3 Å². The van der Waals surface area contributed by atoms with Crippen molar-refractivity contribution < 1.29 is 28.9 Å². The molecule has 0 aliphatic rings. The number of amides is 1. The van der Waals surface area contributed by atoms with Gasteiger partial charge in [-0.25, -0.2) is 4.39 Å². The van der Waals surface area contributed by atoms with Gasteiger partial charge in [0, 0.05) is 6.54 Å². The fourth-order valence-electron chi connectivity index (χ4n) is 1.41. The molecule has 0 aliphatic carbocycles. The Balaban J connectivity index is 2.33. The molecule has 0 radical (unpaired) electrons. The molecule has 0 saturated heterocycles. The largest absolute Gasteiger partial charge is 0.484 e. The Bertz CT molecular complexity index is 472. The van der Waals surface area contributed by atoms with Crippen molar-refractivity contribution in [3.8, 4) is 5.75 Å². The zero-order chi connectivity index (χ0) is 15.2. The van der Waals surface area contributed by atoms with Crippen molar-refractivity contribution in [1.82, 2.24) is 5.32 Å². The van der Waals surface area contributed by atoms with Crippen LogP contribution in [-0.2, 0) is 9.59 Å². The second-order valence-corrected chi connectivity index (χ2v) is 4.59. The first kappa shape index (κ1) is 15.9. The van der Waals surface area contributed by atoms with Crippen LogP contribution in [0.25, 0.3) is 0 Å². The summed E-state index contributed by atoms with van der Waals surface area (Å²) < 4.78 is 17.7. The molecule has 1 aromatic carbocycles. The summed E-state index contributed by atoms with van der Waals surface area (Å²) in [7, 11) is 0. The Morgan fingerprint density at radius 2 is 1.95 bits per heavy atom. The number of aliphatic hydroxyl groups is 1. The van der Waals surface area contributed by atoms with Crippen molar-refractivity contribution in [2.45, 2.75) is 18.9 Å². The standard InChI is InChI=1S/C13H16FNO5/c1-13(19,6-12(17)18)8-15-11(16)7-20-10-4-2-9(14)3-5-10/h2-5,19H,6-8H2,1H3,(H,15,16)(H,17,18). The van der Waals surface area contributed by atoms with Crippen molar-refractivity contribution in [2.24, 2.45) is 0 Å². The average molecular weight is 285 g/mol. The normalized spacial score (nSPS) is 13.3. The summed E-state index contributed by atoms with van der Waals surface area (Å²) in [4.78, 5) is 21.9. The molecule has 0 aliphatic heterocycles. The quantitative estimate of drug-likeness (QED) is 0.680. The Hall–Kier alpha value is -2.15. The molecule has 20 heavy (non-hydrogen) atoms. The number of benzene rings is 1. The van der Waals surface area contributed by atoms with Crippen LogP contribution in [0.4, 0.5) is 4.39 Å². The number of hydrogen-bond acceptors (Lipinski definition) is 4. The van der Waals surface area contributed by atoms with Gasteiger partial charge in [-0.2, -0.15) is 0 Å². The zero-order valence-electron chi connectivity index (χ0n) is 10.9. The molecule has 1 rings (SSSR count). The van der Waals surface area contributed by atoms with Crippen LogP contribution in [0.1, 0.15) is 13.3 Å². The number of carbonyl (C=O) groups is 2.